The molecule has 0 amide bonds. The first kappa shape index (κ1) is 16.3. The van der Waals surface area contributed by atoms with E-state index in [-0.39, 0.29) is 17.4 Å². The Morgan fingerprint density at radius 3 is 2.18 bits per heavy atom. The van der Waals surface area contributed by atoms with Crippen LogP contribution in [0.25, 0.3) is 0 Å². The highest BCUT2D eigenvalue weighted by Crippen LogP contribution is 2.28. The molecule has 0 fully saturated rings. The zero-order chi connectivity index (χ0) is 16.1. The second kappa shape index (κ2) is 7.29. The van der Waals surface area contributed by atoms with Gasteiger partial charge in [-0.25, -0.2) is 0 Å². The van der Waals surface area contributed by atoms with Gasteiger partial charge in [0.25, 0.3) is 0 Å². The molecule has 0 heterocycles. The molecule has 0 saturated heterocycles. The van der Waals surface area contributed by atoms with Gasteiger partial charge in [0.15, 0.2) is 0 Å². The average molecular weight is 302 g/mol. The molecule has 3 unspecified atom stereocenters. The standard InChI is InChI=1S/C18H22O4/c1-12(18(22)14-6-9-15(19)10-7-14)16(20)11-8-13-4-2-3-5-17(13)21/h2-7,9-10,12,16,18-22H,8,11H2,1H3. The van der Waals surface area contributed by atoms with E-state index >= 15 is 0 Å². The van der Waals surface area contributed by atoms with Crippen molar-refractivity contribution in [1.82, 2.24) is 0 Å². The first-order valence-electron chi connectivity index (χ1n) is 7.41. The molecule has 22 heavy (non-hydrogen) atoms. The van der Waals surface area contributed by atoms with Crippen molar-refractivity contribution in [3.8, 4) is 11.5 Å². The van der Waals surface area contributed by atoms with Crippen LogP contribution in [0.2, 0.25) is 0 Å². The summed E-state index contributed by atoms with van der Waals surface area (Å²) in [7, 11) is 0. The van der Waals surface area contributed by atoms with E-state index in [1.54, 1.807) is 31.2 Å². The van der Waals surface area contributed by atoms with Crippen LogP contribution in [0.15, 0.2) is 48.5 Å². The fourth-order valence-corrected chi connectivity index (χ4v) is 2.47. The molecule has 0 spiro atoms. The maximum atomic E-state index is 10.3. The van der Waals surface area contributed by atoms with Crippen LogP contribution in [0.4, 0.5) is 0 Å². The molecule has 4 N–H and O–H groups in total. The van der Waals surface area contributed by atoms with Crippen molar-refractivity contribution in [1.29, 1.82) is 0 Å². The van der Waals surface area contributed by atoms with Gasteiger partial charge < -0.3 is 20.4 Å². The van der Waals surface area contributed by atoms with E-state index in [1.165, 1.54) is 12.1 Å². The van der Waals surface area contributed by atoms with E-state index in [4.69, 9.17) is 0 Å². The first-order chi connectivity index (χ1) is 10.5. The maximum absolute atomic E-state index is 10.3. The Morgan fingerprint density at radius 1 is 0.909 bits per heavy atom. The predicted molar refractivity (Wildman–Crippen MR) is 84.7 cm³/mol. The van der Waals surface area contributed by atoms with Crippen molar-refractivity contribution >= 4 is 0 Å². The van der Waals surface area contributed by atoms with Gasteiger partial charge in [0.2, 0.25) is 0 Å². The Morgan fingerprint density at radius 2 is 1.55 bits per heavy atom. The van der Waals surface area contributed by atoms with Crippen LogP contribution in [0, 0.1) is 5.92 Å². The molecule has 0 bridgehead atoms. The second-order valence-electron chi connectivity index (χ2n) is 5.63. The third kappa shape index (κ3) is 4.00. The molecule has 2 aromatic carbocycles. The van der Waals surface area contributed by atoms with Crippen molar-refractivity contribution in [3.63, 3.8) is 0 Å². The Labute approximate surface area is 130 Å². The topological polar surface area (TPSA) is 80.9 Å². The number of aromatic hydroxyl groups is 2. The first-order valence-corrected chi connectivity index (χ1v) is 7.41. The molecule has 0 radical (unpaired) electrons. The van der Waals surface area contributed by atoms with Crippen molar-refractivity contribution in [2.75, 3.05) is 0 Å². The Balaban J connectivity index is 1.95. The number of phenolic OH excluding ortho intramolecular Hbond substituents is 2. The summed E-state index contributed by atoms with van der Waals surface area (Å²) in [5, 5.41) is 39.6. The SMILES string of the molecule is CC(C(O)CCc1ccccc1O)C(O)c1ccc(O)cc1. The lowest BCUT2D eigenvalue weighted by Crippen LogP contribution is -2.24. The van der Waals surface area contributed by atoms with Gasteiger partial charge in [-0.2, -0.15) is 0 Å². The lowest BCUT2D eigenvalue weighted by Gasteiger charge is -2.24. The zero-order valence-electron chi connectivity index (χ0n) is 12.6. The number of hydrogen-bond donors (Lipinski definition) is 4. The van der Waals surface area contributed by atoms with E-state index in [1.807, 2.05) is 12.1 Å². The van der Waals surface area contributed by atoms with Crippen molar-refractivity contribution in [2.24, 2.45) is 5.92 Å². The summed E-state index contributed by atoms with van der Waals surface area (Å²) >= 11 is 0. The van der Waals surface area contributed by atoms with Crippen molar-refractivity contribution in [2.45, 2.75) is 32.0 Å². The average Bonchev–Trinajstić information content (AvgIpc) is 2.53. The molecule has 3 atom stereocenters. The monoisotopic (exact) mass is 302 g/mol. The number of rotatable bonds is 6. The number of phenols is 2. The van der Waals surface area contributed by atoms with Gasteiger partial charge in [-0.3, -0.25) is 0 Å². The molecule has 4 heteroatoms. The van der Waals surface area contributed by atoms with Crippen LogP contribution in [-0.2, 0) is 6.42 Å². The Bertz CT molecular complexity index is 594. The minimum atomic E-state index is -0.806. The van der Waals surface area contributed by atoms with Crippen molar-refractivity contribution in [3.05, 3.63) is 59.7 Å². The summed E-state index contributed by atoms with van der Waals surface area (Å²) in [6.07, 6.45) is -0.502. The van der Waals surface area contributed by atoms with Gasteiger partial charge in [0.05, 0.1) is 12.2 Å². The summed E-state index contributed by atoms with van der Waals surface area (Å²) in [4.78, 5) is 0. The molecule has 2 rings (SSSR count). The highest BCUT2D eigenvalue weighted by molar-refractivity contribution is 5.32. The molecular weight excluding hydrogens is 280 g/mol. The lowest BCUT2D eigenvalue weighted by molar-refractivity contribution is 0.0169. The van der Waals surface area contributed by atoms with Crippen LogP contribution in [-0.4, -0.2) is 26.5 Å². The largest absolute Gasteiger partial charge is 0.508 e. The van der Waals surface area contributed by atoms with Crippen LogP contribution in [0.1, 0.15) is 30.6 Å². The third-order valence-electron chi connectivity index (χ3n) is 4.04. The minimum absolute atomic E-state index is 0.142. The summed E-state index contributed by atoms with van der Waals surface area (Å²) in [6, 6.07) is 13.4. The van der Waals surface area contributed by atoms with Crippen LogP contribution < -0.4 is 0 Å². The number of benzene rings is 2. The molecule has 118 valence electrons. The molecule has 0 saturated carbocycles. The molecule has 4 nitrogen and oxygen atoms in total. The van der Waals surface area contributed by atoms with Crippen LogP contribution in [0.3, 0.4) is 0 Å². The van der Waals surface area contributed by atoms with E-state index in [0.29, 0.717) is 18.4 Å². The number of hydrogen-bond acceptors (Lipinski definition) is 4. The third-order valence-corrected chi connectivity index (χ3v) is 4.04. The molecule has 0 aliphatic rings. The molecule has 0 aliphatic heterocycles. The van der Waals surface area contributed by atoms with Gasteiger partial charge >= 0.3 is 0 Å². The molecule has 0 aromatic heterocycles. The Hall–Kier alpha value is -2.04. The quantitative estimate of drug-likeness (QED) is 0.661. The predicted octanol–water partition coefficient (Wildman–Crippen LogP) is 2.76. The van der Waals surface area contributed by atoms with Crippen LogP contribution >= 0.6 is 0 Å². The smallest absolute Gasteiger partial charge is 0.118 e. The van der Waals surface area contributed by atoms with Crippen LogP contribution in [0.5, 0.6) is 11.5 Å². The zero-order valence-corrected chi connectivity index (χ0v) is 12.6. The van der Waals surface area contributed by atoms with Crippen molar-refractivity contribution < 1.29 is 20.4 Å². The Kier molecular flexibility index (Phi) is 5.41. The number of para-hydroxylation sites is 1. The molecule has 2 aromatic rings. The van der Waals surface area contributed by atoms with E-state index in [2.05, 4.69) is 0 Å². The van der Waals surface area contributed by atoms with Gasteiger partial charge in [-0.05, 0) is 42.2 Å². The summed E-state index contributed by atoms with van der Waals surface area (Å²) in [5.41, 5.74) is 1.44. The number of aryl methyl sites for hydroxylation is 1. The van der Waals surface area contributed by atoms with E-state index in [9.17, 15) is 20.4 Å². The van der Waals surface area contributed by atoms with Gasteiger partial charge in [-0.1, -0.05) is 37.3 Å². The second-order valence-corrected chi connectivity index (χ2v) is 5.63. The van der Waals surface area contributed by atoms with E-state index < -0.39 is 12.2 Å². The van der Waals surface area contributed by atoms with Gasteiger partial charge in [-0.15, -0.1) is 0 Å². The van der Waals surface area contributed by atoms with Gasteiger partial charge in [0, 0.05) is 5.92 Å². The summed E-state index contributed by atoms with van der Waals surface area (Å²) in [5.74, 6) is 0.0144. The minimum Gasteiger partial charge on any atom is -0.508 e. The molecular formula is C18H22O4. The number of aliphatic hydroxyl groups excluding tert-OH is 2. The normalized spacial score (nSPS) is 15.2. The van der Waals surface area contributed by atoms with Gasteiger partial charge in [0.1, 0.15) is 11.5 Å². The summed E-state index contributed by atoms with van der Waals surface area (Å²) in [6.45, 7) is 1.78. The highest BCUT2D eigenvalue weighted by atomic mass is 16.3. The summed E-state index contributed by atoms with van der Waals surface area (Å²) < 4.78 is 0. The fourth-order valence-electron chi connectivity index (χ4n) is 2.47. The lowest BCUT2D eigenvalue weighted by atomic mass is 9.89. The fraction of sp³-hybridized carbons (Fsp3) is 0.333. The number of aliphatic hydroxyl groups is 2. The maximum Gasteiger partial charge on any atom is 0.118 e. The molecule has 0 aliphatic carbocycles. The van der Waals surface area contributed by atoms with E-state index in [0.717, 1.165) is 5.56 Å². The highest BCUT2D eigenvalue weighted by Gasteiger charge is 2.23.